The largest absolute Gasteiger partial charge is 0.445 e. The normalized spacial score (nSPS) is 50.0. The molecule has 36 heavy (non-hydrogen) atoms. The summed E-state index contributed by atoms with van der Waals surface area (Å²) in [5, 5.41) is 14.2. The molecule has 3 aliphatic carbocycles. The zero-order valence-corrected chi connectivity index (χ0v) is 22.5. The number of hydrogen-bond acceptors (Lipinski definition) is 6. The second-order valence-electron chi connectivity index (χ2n) is 13.3. The van der Waals surface area contributed by atoms with Crippen molar-refractivity contribution in [3.05, 3.63) is 12.7 Å². The van der Waals surface area contributed by atoms with Gasteiger partial charge in [0.05, 0.1) is 11.5 Å². The number of rotatable bonds is 3. The molecule has 0 spiro atoms. The van der Waals surface area contributed by atoms with E-state index in [0.29, 0.717) is 12.8 Å². The van der Waals surface area contributed by atoms with Crippen molar-refractivity contribution in [2.45, 2.75) is 91.3 Å². The van der Waals surface area contributed by atoms with Gasteiger partial charge in [0.2, 0.25) is 5.91 Å². The molecular formula is C29H44N2O5. The van der Waals surface area contributed by atoms with Crippen molar-refractivity contribution >= 4 is 17.8 Å². The van der Waals surface area contributed by atoms with Crippen LogP contribution in [0.5, 0.6) is 0 Å². The molecule has 3 heterocycles. The van der Waals surface area contributed by atoms with Gasteiger partial charge in [-0.1, -0.05) is 33.8 Å². The second kappa shape index (κ2) is 8.65. The molecule has 6 aliphatic rings. The van der Waals surface area contributed by atoms with Crippen molar-refractivity contribution in [2.75, 3.05) is 19.6 Å². The summed E-state index contributed by atoms with van der Waals surface area (Å²) in [7, 11) is 0. The molecule has 0 radical (unpaired) electrons. The lowest BCUT2D eigenvalue weighted by Gasteiger charge is -2.61. The third-order valence-corrected chi connectivity index (χ3v) is 12.0. The van der Waals surface area contributed by atoms with E-state index in [9.17, 15) is 19.5 Å². The fraction of sp³-hybridized carbons (Fsp3) is 0.828. The number of fused-ring (bicyclic) bond motifs is 3. The molecule has 6 fully saturated rings. The minimum atomic E-state index is -0.725. The highest BCUT2D eigenvalue weighted by atomic mass is 16.6. The molecule has 6 rings (SSSR count). The third-order valence-electron chi connectivity index (χ3n) is 12.0. The predicted octanol–water partition coefficient (Wildman–Crippen LogP) is 4.09. The van der Waals surface area contributed by atoms with Crippen molar-refractivity contribution in [3.8, 4) is 0 Å². The van der Waals surface area contributed by atoms with E-state index in [-0.39, 0.29) is 34.9 Å². The van der Waals surface area contributed by atoms with Crippen LogP contribution in [0.4, 0.5) is 4.79 Å². The lowest BCUT2D eigenvalue weighted by Crippen LogP contribution is -2.63. The number of ketones is 1. The van der Waals surface area contributed by atoms with Crippen LogP contribution >= 0.6 is 0 Å². The second-order valence-corrected chi connectivity index (χ2v) is 13.3. The summed E-state index contributed by atoms with van der Waals surface area (Å²) in [5.74, 6) is -0.197. The molecule has 2 N–H and O–H groups in total. The summed E-state index contributed by atoms with van der Waals surface area (Å²) in [5.41, 5.74) is -2.08. The predicted molar refractivity (Wildman–Crippen MR) is 136 cm³/mol. The summed E-state index contributed by atoms with van der Waals surface area (Å²) >= 11 is 0. The molecule has 0 aromatic rings. The van der Waals surface area contributed by atoms with Crippen molar-refractivity contribution in [1.82, 2.24) is 10.2 Å². The van der Waals surface area contributed by atoms with Gasteiger partial charge in [-0.15, -0.1) is 6.58 Å². The fourth-order valence-electron chi connectivity index (χ4n) is 9.05. The molecule has 3 saturated carbocycles. The number of Topliss-reactive ketones (excluding diaryl/α,β-unsaturated/α-hetero) is 1. The lowest BCUT2D eigenvalue weighted by atomic mass is 9.44. The quantitative estimate of drug-likeness (QED) is 0.567. The Morgan fingerprint density at radius 3 is 2.36 bits per heavy atom. The highest BCUT2D eigenvalue weighted by Crippen LogP contribution is 2.68. The average molecular weight is 501 g/mol. The van der Waals surface area contributed by atoms with E-state index in [1.54, 1.807) is 6.08 Å². The van der Waals surface area contributed by atoms with Gasteiger partial charge in [-0.25, -0.2) is 4.79 Å². The maximum absolute atomic E-state index is 13.5. The Balaban J connectivity index is 1.47. The number of carbonyl (C=O) groups is 3. The van der Waals surface area contributed by atoms with Gasteiger partial charge in [-0.2, -0.15) is 0 Å². The zero-order valence-electron chi connectivity index (χ0n) is 22.5. The number of nitrogens with one attached hydrogen (secondary N) is 1. The maximum atomic E-state index is 13.5. The van der Waals surface area contributed by atoms with Crippen LogP contribution in [-0.2, 0) is 14.3 Å². The fourth-order valence-corrected chi connectivity index (χ4v) is 9.05. The number of alkyl carbamates (subject to hydrolysis) is 1. The molecule has 4 bridgehead atoms. The van der Waals surface area contributed by atoms with Gasteiger partial charge in [-0.3, -0.25) is 14.9 Å². The number of carbonyl (C=O) groups excluding carboxylic acids is 3. The monoisotopic (exact) mass is 500 g/mol. The van der Waals surface area contributed by atoms with Crippen molar-refractivity contribution in [3.63, 3.8) is 0 Å². The van der Waals surface area contributed by atoms with Gasteiger partial charge >= 0.3 is 6.09 Å². The summed E-state index contributed by atoms with van der Waals surface area (Å²) in [6.07, 6.45) is 5.48. The van der Waals surface area contributed by atoms with Crippen molar-refractivity contribution in [2.24, 2.45) is 39.4 Å². The molecular weight excluding hydrogens is 456 g/mol. The molecule has 2 amide bonds. The number of imide groups is 1. The molecule has 3 aliphatic heterocycles. The van der Waals surface area contributed by atoms with Crippen LogP contribution in [0.25, 0.3) is 0 Å². The molecule has 0 aromatic heterocycles. The first-order chi connectivity index (χ1) is 16.9. The first kappa shape index (κ1) is 25.9. The molecule has 7 heteroatoms. The number of hydrogen-bond donors (Lipinski definition) is 2. The lowest BCUT2D eigenvalue weighted by molar-refractivity contribution is -0.191. The van der Waals surface area contributed by atoms with Gasteiger partial charge in [0.25, 0.3) is 0 Å². The van der Waals surface area contributed by atoms with Crippen LogP contribution in [-0.4, -0.2) is 59.6 Å². The van der Waals surface area contributed by atoms with Crippen LogP contribution in [0.1, 0.15) is 79.1 Å². The third kappa shape index (κ3) is 3.55. The zero-order chi connectivity index (χ0) is 26.1. The molecule has 200 valence electrons. The Morgan fingerprint density at radius 2 is 1.75 bits per heavy atom. The first-order valence-electron chi connectivity index (χ1n) is 14.0. The summed E-state index contributed by atoms with van der Waals surface area (Å²) in [6, 6.07) is 0. The number of aliphatic hydroxyl groups excluding tert-OH is 1. The van der Waals surface area contributed by atoms with E-state index in [0.717, 1.165) is 58.2 Å². The van der Waals surface area contributed by atoms with Gasteiger partial charge in [-0.05, 0) is 81.8 Å². The molecule has 7 nitrogen and oxygen atoms in total. The Kier molecular flexibility index (Phi) is 6.23. The number of aliphatic hydroxyl groups is 1. The Labute approximate surface area is 215 Å². The summed E-state index contributed by atoms with van der Waals surface area (Å²) in [6.45, 7) is 15.1. The van der Waals surface area contributed by atoms with E-state index in [2.05, 4.69) is 37.6 Å². The molecule has 3 saturated heterocycles. The van der Waals surface area contributed by atoms with Gasteiger partial charge in [0.15, 0.2) is 0 Å². The minimum Gasteiger partial charge on any atom is -0.445 e. The van der Waals surface area contributed by atoms with Crippen LogP contribution < -0.4 is 5.32 Å². The minimum absolute atomic E-state index is 0.0728. The molecule has 8 unspecified atom stereocenters. The van der Waals surface area contributed by atoms with Crippen LogP contribution in [0.2, 0.25) is 0 Å². The number of nitrogens with zero attached hydrogens (tertiary/aromatic N) is 1. The van der Waals surface area contributed by atoms with Gasteiger partial charge in [0.1, 0.15) is 11.9 Å². The first-order valence-corrected chi connectivity index (χ1v) is 14.0. The smallest absolute Gasteiger partial charge is 0.414 e. The van der Waals surface area contributed by atoms with Gasteiger partial charge < -0.3 is 14.7 Å². The van der Waals surface area contributed by atoms with Crippen LogP contribution in [0, 0.1) is 39.4 Å². The number of amides is 2. The highest BCUT2D eigenvalue weighted by Gasteiger charge is 2.68. The Morgan fingerprint density at radius 1 is 1.11 bits per heavy atom. The van der Waals surface area contributed by atoms with E-state index in [4.69, 9.17) is 4.74 Å². The highest BCUT2D eigenvalue weighted by molar-refractivity contribution is 5.95. The molecule has 8 atom stereocenters. The summed E-state index contributed by atoms with van der Waals surface area (Å²) < 4.78 is 6.19. The van der Waals surface area contributed by atoms with Crippen molar-refractivity contribution in [1.29, 1.82) is 0 Å². The van der Waals surface area contributed by atoms with E-state index in [1.807, 2.05) is 6.92 Å². The summed E-state index contributed by atoms with van der Waals surface area (Å²) in [4.78, 5) is 42.5. The topological polar surface area (TPSA) is 95.9 Å². The SMILES string of the molecule is C=CC1(C)CC(OC(=O)NC(=O)C23CCN(CC2)CC3)C2(C)C(C)CCC3(CCC(=O)C32)C(C)C1O. The average Bonchev–Trinajstić information content (AvgIpc) is 3.23. The van der Waals surface area contributed by atoms with E-state index in [1.165, 1.54) is 0 Å². The van der Waals surface area contributed by atoms with Gasteiger partial charge in [0, 0.05) is 23.2 Å². The number of ether oxygens (including phenoxy) is 1. The molecule has 0 aromatic carbocycles. The maximum Gasteiger partial charge on any atom is 0.414 e. The van der Waals surface area contributed by atoms with Crippen LogP contribution in [0.15, 0.2) is 12.7 Å². The standard InChI is InChI=1S/C29H44N2O5/c1-6-26(4)17-21(36-25(35)30-24(34)28-11-14-31(15-12-28)16-13-28)27(5)18(2)7-9-29(19(3)23(26)33)10-8-20(32)22(27)29/h6,18-19,21-23,33H,1,7-17H2,2-5H3,(H,30,34,35). The number of piperidine rings is 3. The van der Waals surface area contributed by atoms with E-state index >= 15 is 0 Å². The van der Waals surface area contributed by atoms with E-state index < -0.39 is 34.5 Å². The van der Waals surface area contributed by atoms with Crippen molar-refractivity contribution < 1.29 is 24.2 Å². The Hall–Kier alpha value is -1.73. The van der Waals surface area contributed by atoms with Crippen LogP contribution in [0.3, 0.4) is 0 Å². The Bertz CT molecular complexity index is 944.